The standard InChI is InChI=1S/C33H37N5O9S/c1-18(2)48(43,44)28-13-10-21(35-33(42)47-5)17-24(28)25-7-6-14-38(25)32(41)29(19-8-12-26(45-3)27(15-19)46-4)34-20-9-11-22-23(16-20)31(40)37-36-30(22)39/h8-13,15-18,25,29,34H,6-7,14H2,1-5H3,(H,35,42)(H,36,39)(H,37,40). The van der Waals surface area contributed by atoms with Crippen LogP contribution in [0.5, 0.6) is 11.5 Å². The van der Waals surface area contributed by atoms with E-state index in [1.54, 1.807) is 49.1 Å². The van der Waals surface area contributed by atoms with E-state index < -0.39 is 44.4 Å². The zero-order chi connectivity index (χ0) is 34.7. The van der Waals surface area contributed by atoms with E-state index in [9.17, 15) is 27.6 Å². The van der Waals surface area contributed by atoms with Gasteiger partial charge in [0, 0.05) is 17.9 Å². The van der Waals surface area contributed by atoms with Crippen LogP contribution in [0, 0.1) is 0 Å². The molecule has 5 rings (SSSR count). The monoisotopic (exact) mass is 679 g/mol. The molecule has 0 radical (unpaired) electrons. The second kappa shape index (κ2) is 13.8. The van der Waals surface area contributed by atoms with Crippen LogP contribution in [0.4, 0.5) is 16.2 Å². The molecule has 1 aliphatic heterocycles. The van der Waals surface area contributed by atoms with Gasteiger partial charge in [0.1, 0.15) is 6.04 Å². The number of nitrogens with one attached hydrogen (secondary N) is 4. The summed E-state index contributed by atoms with van der Waals surface area (Å²) in [5, 5.41) is 9.98. The van der Waals surface area contributed by atoms with E-state index in [-0.39, 0.29) is 21.6 Å². The molecule has 1 aromatic heterocycles. The largest absolute Gasteiger partial charge is 0.493 e. The van der Waals surface area contributed by atoms with Gasteiger partial charge in [0.15, 0.2) is 21.3 Å². The van der Waals surface area contributed by atoms with Gasteiger partial charge >= 0.3 is 6.09 Å². The molecule has 2 atom stereocenters. The summed E-state index contributed by atoms with van der Waals surface area (Å²) in [6.45, 7) is 3.48. The highest BCUT2D eigenvalue weighted by Gasteiger charge is 2.38. The number of H-pyrrole nitrogens is 2. The second-order valence-electron chi connectivity index (χ2n) is 11.5. The zero-order valence-electron chi connectivity index (χ0n) is 27.1. The maximum Gasteiger partial charge on any atom is 0.411 e. The van der Waals surface area contributed by atoms with Crippen LogP contribution in [-0.4, -0.2) is 68.6 Å². The number of fused-ring (bicyclic) bond motifs is 1. The van der Waals surface area contributed by atoms with Crippen LogP contribution in [0.1, 0.15) is 49.9 Å². The summed E-state index contributed by atoms with van der Waals surface area (Å²) >= 11 is 0. The molecule has 4 N–H and O–H groups in total. The Morgan fingerprint density at radius 2 is 1.56 bits per heavy atom. The first-order chi connectivity index (χ1) is 22.9. The van der Waals surface area contributed by atoms with E-state index in [1.165, 1.54) is 45.6 Å². The minimum atomic E-state index is -3.80. The highest BCUT2D eigenvalue weighted by atomic mass is 32.2. The van der Waals surface area contributed by atoms with Crippen molar-refractivity contribution in [3.63, 3.8) is 0 Å². The third-order valence-corrected chi connectivity index (χ3v) is 10.6. The Morgan fingerprint density at radius 3 is 2.23 bits per heavy atom. The molecular formula is C33H37N5O9S. The number of aromatic amines is 2. The van der Waals surface area contributed by atoms with Crippen molar-refractivity contribution in [2.45, 2.75) is 48.9 Å². The van der Waals surface area contributed by atoms with Crippen LogP contribution in [0.25, 0.3) is 10.8 Å². The molecule has 15 heteroatoms. The van der Waals surface area contributed by atoms with Crippen molar-refractivity contribution >= 4 is 44.0 Å². The van der Waals surface area contributed by atoms with Gasteiger partial charge < -0.3 is 24.4 Å². The van der Waals surface area contributed by atoms with Gasteiger partial charge in [-0.1, -0.05) is 6.07 Å². The Morgan fingerprint density at radius 1 is 0.875 bits per heavy atom. The molecule has 3 aromatic carbocycles. The molecule has 0 aliphatic carbocycles. The van der Waals surface area contributed by atoms with Crippen LogP contribution >= 0.6 is 0 Å². The summed E-state index contributed by atoms with van der Waals surface area (Å²) < 4.78 is 42.8. The highest BCUT2D eigenvalue weighted by molar-refractivity contribution is 7.92. The van der Waals surface area contributed by atoms with E-state index in [1.807, 2.05) is 0 Å². The number of nitrogens with zero attached hydrogens (tertiary/aromatic N) is 1. The fourth-order valence-electron chi connectivity index (χ4n) is 5.84. The van der Waals surface area contributed by atoms with Crippen LogP contribution in [0.15, 0.2) is 69.1 Å². The van der Waals surface area contributed by atoms with Crippen LogP contribution in [0.2, 0.25) is 0 Å². The quantitative estimate of drug-likeness (QED) is 0.190. The molecular weight excluding hydrogens is 642 g/mol. The molecule has 0 spiro atoms. The van der Waals surface area contributed by atoms with Crippen molar-refractivity contribution in [3.8, 4) is 11.5 Å². The molecule has 0 bridgehead atoms. The number of carbonyl (C=O) groups is 2. The molecule has 254 valence electrons. The molecule has 1 fully saturated rings. The Hall–Kier alpha value is -5.31. The number of anilines is 2. The molecule has 2 unspecified atom stereocenters. The van der Waals surface area contributed by atoms with Crippen LogP contribution in [-0.2, 0) is 19.4 Å². The van der Waals surface area contributed by atoms with Crippen molar-refractivity contribution < 1.29 is 32.2 Å². The predicted molar refractivity (Wildman–Crippen MR) is 180 cm³/mol. The lowest BCUT2D eigenvalue weighted by Crippen LogP contribution is -2.38. The Kier molecular flexibility index (Phi) is 9.79. The van der Waals surface area contributed by atoms with Crippen LogP contribution in [0.3, 0.4) is 0 Å². The van der Waals surface area contributed by atoms with Crippen molar-refractivity contribution in [1.29, 1.82) is 0 Å². The van der Waals surface area contributed by atoms with Gasteiger partial charge in [0.2, 0.25) is 5.91 Å². The van der Waals surface area contributed by atoms with Gasteiger partial charge in [0.25, 0.3) is 11.1 Å². The van der Waals surface area contributed by atoms with Crippen molar-refractivity contribution in [2.24, 2.45) is 0 Å². The van der Waals surface area contributed by atoms with Crippen LogP contribution < -0.4 is 31.2 Å². The van der Waals surface area contributed by atoms with Crippen molar-refractivity contribution in [1.82, 2.24) is 15.1 Å². The van der Waals surface area contributed by atoms with Gasteiger partial charge in [-0.05, 0) is 86.3 Å². The van der Waals surface area contributed by atoms with Gasteiger partial charge in [-0.3, -0.25) is 29.9 Å². The lowest BCUT2D eigenvalue weighted by molar-refractivity contribution is -0.133. The number of carbonyl (C=O) groups excluding carboxylic acids is 2. The summed E-state index contributed by atoms with van der Waals surface area (Å²) in [7, 11) is 0.386. The Balaban J connectivity index is 1.62. The summed E-state index contributed by atoms with van der Waals surface area (Å²) in [6.07, 6.45) is 0.313. The van der Waals surface area contributed by atoms with E-state index in [0.717, 1.165) is 0 Å². The number of sulfone groups is 1. The van der Waals surface area contributed by atoms with Gasteiger partial charge in [0.05, 0.1) is 48.3 Å². The molecule has 2 heterocycles. The molecule has 1 saturated heterocycles. The maximum absolute atomic E-state index is 14.7. The first kappa shape index (κ1) is 34.0. The van der Waals surface area contributed by atoms with E-state index >= 15 is 0 Å². The average Bonchev–Trinajstić information content (AvgIpc) is 3.58. The third kappa shape index (κ3) is 6.58. The number of amides is 2. The van der Waals surface area contributed by atoms with Crippen molar-refractivity contribution in [3.05, 3.63) is 86.4 Å². The lowest BCUT2D eigenvalue weighted by atomic mass is 10.0. The van der Waals surface area contributed by atoms with Gasteiger partial charge in [-0.25, -0.2) is 13.2 Å². The van der Waals surface area contributed by atoms with Gasteiger partial charge in [-0.15, -0.1) is 0 Å². The summed E-state index contributed by atoms with van der Waals surface area (Å²) in [6, 6.07) is 12.4. The van der Waals surface area contributed by atoms with E-state index in [0.29, 0.717) is 53.4 Å². The highest BCUT2D eigenvalue weighted by Crippen LogP contribution is 2.41. The molecule has 4 aromatic rings. The lowest BCUT2D eigenvalue weighted by Gasteiger charge is -2.32. The average molecular weight is 680 g/mol. The minimum Gasteiger partial charge on any atom is -0.493 e. The third-order valence-electron chi connectivity index (χ3n) is 8.36. The maximum atomic E-state index is 14.7. The number of methoxy groups -OCH3 is 3. The SMILES string of the molecule is COC(=O)Nc1ccc(S(=O)(=O)C(C)C)c(C2CCCN2C(=O)C(Nc2ccc3c(=O)[nH][nH]c(=O)c3c2)c2ccc(OC)c(OC)c2)c1. The molecule has 1 aliphatic rings. The minimum absolute atomic E-state index is 0.0622. The van der Waals surface area contributed by atoms with Crippen molar-refractivity contribution in [2.75, 3.05) is 38.5 Å². The fourth-order valence-corrected chi connectivity index (χ4v) is 7.13. The summed E-state index contributed by atoms with van der Waals surface area (Å²) in [5.41, 5.74) is 0.575. The predicted octanol–water partition coefficient (Wildman–Crippen LogP) is 4.11. The second-order valence-corrected chi connectivity index (χ2v) is 14.0. The number of hydrogen-bond donors (Lipinski definition) is 4. The first-order valence-electron chi connectivity index (χ1n) is 15.2. The topological polar surface area (TPSA) is 189 Å². The first-order valence-corrected chi connectivity index (χ1v) is 16.7. The summed E-state index contributed by atoms with van der Waals surface area (Å²) in [4.78, 5) is 53.3. The number of ether oxygens (including phenoxy) is 3. The van der Waals surface area contributed by atoms with E-state index in [4.69, 9.17) is 14.2 Å². The molecule has 2 amide bonds. The van der Waals surface area contributed by atoms with E-state index in [2.05, 4.69) is 20.8 Å². The molecule has 0 saturated carbocycles. The zero-order valence-corrected chi connectivity index (χ0v) is 27.9. The number of rotatable bonds is 10. The number of benzene rings is 3. The Labute approximate surface area is 276 Å². The number of likely N-dealkylation sites (tertiary alicyclic amines) is 1. The fraction of sp³-hybridized carbons (Fsp3) is 0.333. The number of hydrogen-bond acceptors (Lipinski definition) is 10. The molecule has 14 nitrogen and oxygen atoms in total. The molecule has 48 heavy (non-hydrogen) atoms. The van der Waals surface area contributed by atoms with Gasteiger partial charge in [-0.2, -0.15) is 0 Å². The Bertz CT molecular complexity index is 2090. The smallest absolute Gasteiger partial charge is 0.411 e. The normalized spacial score (nSPS) is 15.3. The summed E-state index contributed by atoms with van der Waals surface area (Å²) in [5.74, 6) is 0.436. The number of aromatic nitrogens is 2.